The van der Waals surface area contributed by atoms with Crippen LogP contribution < -0.4 is 10.2 Å². The van der Waals surface area contributed by atoms with E-state index in [2.05, 4.69) is 71.8 Å². The number of aromatic nitrogens is 1. The maximum Gasteiger partial charge on any atom is 0.133 e. The fraction of sp³-hybridized carbons (Fsp3) is 0.688. The molecule has 1 aromatic rings. The van der Waals surface area contributed by atoms with E-state index in [9.17, 15) is 0 Å². The summed E-state index contributed by atoms with van der Waals surface area (Å²) in [5.41, 5.74) is 1.26. The summed E-state index contributed by atoms with van der Waals surface area (Å²) in [7, 11) is 0. The van der Waals surface area contributed by atoms with Crippen LogP contribution in [0.2, 0.25) is 0 Å². The number of hydrogen-bond donors (Lipinski definition) is 1. The van der Waals surface area contributed by atoms with Crippen molar-refractivity contribution in [3.8, 4) is 0 Å². The van der Waals surface area contributed by atoms with Gasteiger partial charge in [0.1, 0.15) is 5.82 Å². The lowest BCUT2D eigenvalue weighted by molar-refractivity contribution is 0.541. The molecule has 0 aliphatic carbocycles. The maximum atomic E-state index is 4.65. The summed E-state index contributed by atoms with van der Waals surface area (Å²) >= 11 is 3.53. The summed E-state index contributed by atoms with van der Waals surface area (Å²) in [5.74, 6) is 1.80. The van der Waals surface area contributed by atoms with E-state index < -0.39 is 0 Å². The molecule has 1 heterocycles. The minimum Gasteiger partial charge on any atom is -0.356 e. The molecule has 0 saturated heterocycles. The Kier molecular flexibility index (Phi) is 7.52. The lowest BCUT2D eigenvalue weighted by atomic mass is 10.1. The summed E-state index contributed by atoms with van der Waals surface area (Å²) in [6.07, 6.45) is 3.10. The van der Waals surface area contributed by atoms with Gasteiger partial charge in [-0.1, -0.05) is 34.1 Å². The number of halogens is 1. The molecule has 0 radical (unpaired) electrons. The van der Waals surface area contributed by atoms with Crippen molar-refractivity contribution in [1.82, 2.24) is 10.3 Å². The van der Waals surface area contributed by atoms with Gasteiger partial charge in [0.15, 0.2) is 0 Å². The normalized spacial score (nSPS) is 12.8. The van der Waals surface area contributed by atoms with Gasteiger partial charge < -0.3 is 10.2 Å². The molecule has 1 aromatic heterocycles. The van der Waals surface area contributed by atoms with Crippen molar-refractivity contribution in [2.75, 3.05) is 18.0 Å². The molecule has 3 nitrogen and oxygen atoms in total. The topological polar surface area (TPSA) is 28.2 Å². The second-order valence-corrected chi connectivity index (χ2v) is 6.64. The minimum atomic E-state index is 0.478. The third-order valence-electron chi connectivity index (χ3n) is 3.52. The van der Waals surface area contributed by atoms with Crippen LogP contribution in [-0.4, -0.2) is 24.1 Å². The van der Waals surface area contributed by atoms with E-state index in [1.165, 1.54) is 12.0 Å². The van der Waals surface area contributed by atoms with Crippen LogP contribution in [-0.2, 0) is 6.54 Å². The molecule has 1 unspecified atom stereocenters. The van der Waals surface area contributed by atoms with E-state index >= 15 is 0 Å². The van der Waals surface area contributed by atoms with Crippen molar-refractivity contribution >= 4 is 21.7 Å². The Hall–Kier alpha value is -0.610. The summed E-state index contributed by atoms with van der Waals surface area (Å²) < 4.78 is 1.04. The van der Waals surface area contributed by atoms with E-state index in [0.717, 1.165) is 29.9 Å². The molecule has 0 bridgehead atoms. The molecular weight excluding hydrogens is 314 g/mol. The van der Waals surface area contributed by atoms with Gasteiger partial charge in [-0.05, 0) is 34.8 Å². The van der Waals surface area contributed by atoms with Gasteiger partial charge in [-0.15, -0.1) is 0 Å². The van der Waals surface area contributed by atoms with E-state index in [-0.39, 0.29) is 0 Å². The molecule has 114 valence electrons. The van der Waals surface area contributed by atoms with Crippen LogP contribution in [0.25, 0.3) is 0 Å². The van der Waals surface area contributed by atoms with Crippen molar-refractivity contribution < 1.29 is 0 Å². The SMILES string of the molecule is CCC(C)CN(CC)c1ncc(Br)cc1CNC(C)C. The first-order valence-electron chi connectivity index (χ1n) is 7.60. The number of hydrogen-bond acceptors (Lipinski definition) is 3. The average Bonchev–Trinajstić information content (AvgIpc) is 2.42. The van der Waals surface area contributed by atoms with Crippen LogP contribution in [0.1, 0.15) is 46.6 Å². The monoisotopic (exact) mass is 341 g/mol. The number of anilines is 1. The van der Waals surface area contributed by atoms with Crippen LogP contribution in [0.15, 0.2) is 16.7 Å². The fourth-order valence-corrected chi connectivity index (χ4v) is 2.45. The third-order valence-corrected chi connectivity index (χ3v) is 3.95. The van der Waals surface area contributed by atoms with Gasteiger partial charge in [0.25, 0.3) is 0 Å². The molecule has 0 aliphatic rings. The summed E-state index contributed by atoms with van der Waals surface area (Å²) in [4.78, 5) is 7.04. The Morgan fingerprint density at radius 3 is 2.55 bits per heavy atom. The van der Waals surface area contributed by atoms with Crippen molar-refractivity contribution in [3.63, 3.8) is 0 Å². The summed E-state index contributed by atoms with van der Waals surface area (Å²) in [6, 6.07) is 2.66. The van der Waals surface area contributed by atoms with Crippen LogP contribution in [0, 0.1) is 5.92 Å². The predicted molar refractivity (Wildman–Crippen MR) is 91.3 cm³/mol. The lowest BCUT2D eigenvalue weighted by Crippen LogP contribution is -2.31. The molecule has 1 atom stereocenters. The van der Waals surface area contributed by atoms with Gasteiger partial charge in [0, 0.05) is 41.9 Å². The molecule has 0 aliphatic heterocycles. The van der Waals surface area contributed by atoms with Gasteiger partial charge in [0.2, 0.25) is 0 Å². The van der Waals surface area contributed by atoms with Gasteiger partial charge in [-0.25, -0.2) is 4.98 Å². The van der Waals surface area contributed by atoms with E-state index in [1.54, 1.807) is 0 Å². The largest absolute Gasteiger partial charge is 0.356 e. The van der Waals surface area contributed by atoms with Crippen LogP contribution in [0.5, 0.6) is 0 Å². The third kappa shape index (κ3) is 5.41. The highest BCUT2D eigenvalue weighted by Gasteiger charge is 2.14. The van der Waals surface area contributed by atoms with Gasteiger partial charge in [-0.2, -0.15) is 0 Å². The Morgan fingerprint density at radius 2 is 2.00 bits per heavy atom. The molecule has 20 heavy (non-hydrogen) atoms. The molecule has 0 fully saturated rings. The Labute approximate surface area is 132 Å². The smallest absolute Gasteiger partial charge is 0.133 e. The fourth-order valence-electron chi connectivity index (χ4n) is 2.07. The standard InChI is InChI=1S/C16H28BrN3/c1-6-13(5)11-20(7-2)16-14(9-18-12(3)4)8-15(17)10-19-16/h8,10,12-13,18H,6-7,9,11H2,1-5H3. The number of nitrogens with zero attached hydrogens (tertiary/aromatic N) is 2. The first-order chi connectivity index (χ1) is 9.47. The second-order valence-electron chi connectivity index (χ2n) is 5.72. The zero-order valence-corrected chi connectivity index (χ0v) is 15.0. The van der Waals surface area contributed by atoms with Crippen molar-refractivity contribution in [1.29, 1.82) is 0 Å². The minimum absolute atomic E-state index is 0.478. The highest BCUT2D eigenvalue weighted by molar-refractivity contribution is 9.10. The first-order valence-corrected chi connectivity index (χ1v) is 8.39. The second kappa shape index (κ2) is 8.63. The molecule has 0 saturated carbocycles. The average molecular weight is 342 g/mol. The van der Waals surface area contributed by atoms with E-state index in [4.69, 9.17) is 0 Å². The maximum absolute atomic E-state index is 4.65. The molecule has 0 spiro atoms. The zero-order chi connectivity index (χ0) is 15.1. The van der Waals surface area contributed by atoms with E-state index in [1.807, 2.05) is 6.20 Å². The number of rotatable bonds is 8. The van der Waals surface area contributed by atoms with Crippen LogP contribution in [0.4, 0.5) is 5.82 Å². The Bertz CT molecular complexity index is 407. The highest BCUT2D eigenvalue weighted by Crippen LogP contribution is 2.23. The molecule has 1 rings (SSSR count). The molecule has 1 N–H and O–H groups in total. The van der Waals surface area contributed by atoms with Gasteiger partial charge >= 0.3 is 0 Å². The van der Waals surface area contributed by atoms with Crippen molar-refractivity contribution in [2.45, 2.75) is 53.6 Å². The lowest BCUT2D eigenvalue weighted by Gasteiger charge is -2.27. The number of nitrogens with one attached hydrogen (secondary N) is 1. The molecule has 4 heteroatoms. The Balaban J connectivity index is 2.94. The van der Waals surface area contributed by atoms with Crippen molar-refractivity contribution in [3.05, 3.63) is 22.3 Å². The first kappa shape index (κ1) is 17.4. The summed E-state index contributed by atoms with van der Waals surface area (Å²) in [6.45, 7) is 14.0. The zero-order valence-electron chi connectivity index (χ0n) is 13.4. The molecule has 0 amide bonds. The predicted octanol–water partition coefficient (Wildman–Crippen LogP) is 4.21. The van der Waals surface area contributed by atoms with Crippen LogP contribution >= 0.6 is 15.9 Å². The highest BCUT2D eigenvalue weighted by atomic mass is 79.9. The van der Waals surface area contributed by atoms with Gasteiger partial charge in [-0.3, -0.25) is 0 Å². The van der Waals surface area contributed by atoms with E-state index in [0.29, 0.717) is 12.0 Å². The summed E-state index contributed by atoms with van der Waals surface area (Å²) in [5, 5.41) is 3.49. The Morgan fingerprint density at radius 1 is 1.30 bits per heavy atom. The molecular formula is C16H28BrN3. The number of pyridine rings is 1. The molecule has 0 aromatic carbocycles. The van der Waals surface area contributed by atoms with Crippen molar-refractivity contribution in [2.24, 2.45) is 5.92 Å². The van der Waals surface area contributed by atoms with Crippen LogP contribution in [0.3, 0.4) is 0 Å². The van der Waals surface area contributed by atoms with Gasteiger partial charge in [0.05, 0.1) is 0 Å². The quantitative estimate of drug-likeness (QED) is 0.767.